The summed E-state index contributed by atoms with van der Waals surface area (Å²) in [6.45, 7) is 25.1. The van der Waals surface area contributed by atoms with Crippen LogP contribution in [0.4, 0.5) is 0 Å². The highest BCUT2D eigenvalue weighted by atomic mass is 14.3. The molecule has 0 heteroatoms. The van der Waals surface area contributed by atoms with Gasteiger partial charge in [0.2, 0.25) is 0 Å². The maximum atomic E-state index is 4.15. The molecule has 1 unspecified atom stereocenters. The van der Waals surface area contributed by atoms with Crippen LogP contribution in [0.2, 0.25) is 0 Å². The van der Waals surface area contributed by atoms with Crippen molar-refractivity contribution in [3.8, 4) is 0 Å². The Morgan fingerprint density at radius 1 is 1.00 bits per heavy atom. The van der Waals surface area contributed by atoms with Gasteiger partial charge in [0.25, 0.3) is 0 Å². The fourth-order valence-corrected chi connectivity index (χ4v) is 5.08. The lowest BCUT2D eigenvalue weighted by molar-refractivity contribution is 0.422. The molecule has 1 aromatic rings. The van der Waals surface area contributed by atoms with Gasteiger partial charge in [0, 0.05) is 0 Å². The van der Waals surface area contributed by atoms with Crippen molar-refractivity contribution in [1.82, 2.24) is 0 Å². The van der Waals surface area contributed by atoms with Crippen LogP contribution < -0.4 is 0 Å². The molecule has 0 nitrogen and oxygen atoms in total. The lowest BCUT2D eigenvalue weighted by Gasteiger charge is -2.26. The molecule has 2 rings (SSSR count). The topological polar surface area (TPSA) is 0 Å². The van der Waals surface area contributed by atoms with Crippen LogP contribution in [-0.2, 0) is 6.42 Å². The van der Waals surface area contributed by atoms with Crippen molar-refractivity contribution in [3.63, 3.8) is 0 Å². The molecule has 0 radical (unpaired) electrons. The van der Waals surface area contributed by atoms with Gasteiger partial charge < -0.3 is 0 Å². The van der Waals surface area contributed by atoms with Gasteiger partial charge in [0.15, 0.2) is 0 Å². The number of hydrogen-bond donors (Lipinski definition) is 0. The maximum absolute atomic E-state index is 4.15. The molecular weight excluding hydrogens is 372 g/mol. The highest BCUT2D eigenvalue weighted by molar-refractivity contribution is 5.43. The molecule has 0 saturated heterocycles. The van der Waals surface area contributed by atoms with E-state index >= 15 is 0 Å². The first-order chi connectivity index (χ1) is 14.4. The SMILES string of the molecule is C=C(C)CC(C)c1ccc(C(CC(C)C)CC(C)C)c(CC2=CC(C(C)(C)C)=CC2)c1. The minimum atomic E-state index is 0.236. The quantitative estimate of drug-likeness (QED) is 0.330. The van der Waals surface area contributed by atoms with Crippen LogP contribution in [0.15, 0.2) is 53.6 Å². The van der Waals surface area contributed by atoms with Crippen molar-refractivity contribution in [2.45, 2.75) is 106 Å². The summed E-state index contributed by atoms with van der Waals surface area (Å²) in [5.41, 5.74) is 9.21. The lowest BCUT2D eigenvalue weighted by atomic mass is 9.79. The molecule has 1 atom stereocenters. The predicted octanol–water partition coefficient (Wildman–Crippen LogP) is 9.78. The van der Waals surface area contributed by atoms with E-state index in [-0.39, 0.29) is 5.41 Å². The summed E-state index contributed by atoms with van der Waals surface area (Å²) in [7, 11) is 0. The van der Waals surface area contributed by atoms with Crippen LogP contribution in [0.3, 0.4) is 0 Å². The molecule has 0 aliphatic heterocycles. The Hall–Kier alpha value is -1.56. The first-order valence-electron chi connectivity index (χ1n) is 12.5. The van der Waals surface area contributed by atoms with Crippen LogP contribution >= 0.6 is 0 Å². The maximum Gasteiger partial charge on any atom is -0.00578 e. The van der Waals surface area contributed by atoms with E-state index in [4.69, 9.17) is 0 Å². The van der Waals surface area contributed by atoms with Crippen molar-refractivity contribution in [2.75, 3.05) is 0 Å². The van der Waals surface area contributed by atoms with Gasteiger partial charge in [-0.3, -0.25) is 0 Å². The average Bonchev–Trinajstić information content (AvgIpc) is 3.08. The van der Waals surface area contributed by atoms with Crippen LogP contribution in [0, 0.1) is 17.3 Å². The van der Waals surface area contributed by atoms with Crippen LogP contribution in [0.1, 0.15) is 117 Å². The third kappa shape index (κ3) is 7.81. The highest BCUT2D eigenvalue weighted by Gasteiger charge is 2.23. The molecule has 0 N–H and O–H groups in total. The Labute approximate surface area is 193 Å². The first kappa shape index (κ1) is 25.7. The minimum Gasteiger partial charge on any atom is -0.100 e. The molecule has 172 valence electrons. The molecule has 1 aliphatic rings. The Morgan fingerprint density at radius 3 is 2.10 bits per heavy atom. The highest BCUT2D eigenvalue weighted by Crippen LogP contribution is 2.38. The van der Waals surface area contributed by atoms with Crippen LogP contribution in [0.25, 0.3) is 0 Å². The number of benzene rings is 1. The number of rotatable bonds is 10. The molecule has 0 saturated carbocycles. The van der Waals surface area contributed by atoms with Crippen molar-refractivity contribution < 1.29 is 0 Å². The summed E-state index contributed by atoms with van der Waals surface area (Å²) < 4.78 is 0. The van der Waals surface area contributed by atoms with Gasteiger partial charge in [-0.2, -0.15) is 0 Å². The molecule has 31 heavy (non-hydrogen) atoms. The van der Waals surface area contributed by atoms with Gasteiger partial charge in [-0.1, -0.05) is 96.9 Å². The van der Waals surface area contributed by atoms with Gasteiger partial charge in [0.1, 0.15) is 0 Å². The molecule has 0 fully saturated rings. The summed E-state index contributed by atoms with van der Waals surface area (Å²) >= 11 is 0. The molecule has 0 bridgehead atoms. The monoisotopic (exact) mass is 420 g/mol. The number of hydrogen-bond acceptors (Lipinski definition) is 0. The van der Waals surface area contributed by atoms with E-state index in [1.807, 2.05) is 0 Å². The van der Waals surface area contributed by atoms with E-state index in [1.54, 1.807) is 16.7 Å². The molecule has 0 aromatic heterocycles. The zero-order valence-corrected chi connectivity index (χ0v) is 21.9. The Balaban J connectivity index is 2.43. The van der Waals surface area contributed by atoms with Crippen molar-refractivity contribution in [2.24, 2.45) is 17.3 Å². The zero-order chi connectivity index (χ0) is 23.3. The molecule has 0 spiro atoms. The Kier molecular flexibility index (Phi) is 8.99. The molecule has 0 heterocycles. The second-order valence-electron chi connectivity index (χ2n) is 12.1. The van der Waals surface area contributed by atoms with Gasteiger partial charge in [-0.15, -0.1) is 6.58 Å². The largest absolute Gasteiger partial charge is 0.100 e. The van der Waals surface area contributed by atoms with E-state index in [9.17, 15) is 0 Å². The van der Waals surface area contributed by atoms with Gasteiger partial charge >= 0.3 is 0 Å². The molecule has 1 aliphatic carbocycles. The van der Waals surface area contributed by atoms with E-state index < -0.39 is 0 Å². The summed E-state index contributed by atoms with van der Waals surface area (Å²) in [6, 6.07) is 7.41. The molecular formula is C31H48. The second kappa shape index (κ2) is 10.8. The van der Waals surface area contributed by atoms with Crippen molar-refractivity contribution in [3.05, 3.63) is 70.3 Å². The third-order valence-electron chi connectivity index (χ3n) is 6.57. The summed E-state index contributed by atoms with van der Waals surface area (Å²) in [5, 5.41) is 0. The fraction of sp³-hybridized carbons (Fsp3) is 0.613. The molecule has 0 amide bonds. The number of allylic oxidation sites excluding steroid dienone is 5. The third-order valence-corrected chi connectivity index (χ3v) is 6.57. The lowest BCUT2D eigenvalue weighted by Crippen LogP contribution is -2.11. The van der Waals surface area contributed by atoms with Crippen molar-refractivity contribution in [1.29, 1.82) is 0 Å². The normalized spacial score (nSPS) is 15.6. The minimum absolute atomic E-state index is 0.236. The second-order valence-corrected chi connectivity index (χ2v) is 12.1. The zero-order valence-electron chi connectivity index (χ0n) is 21.9. The van der Waals surface area contributed by atoms with E-state index in [1.165, 1.54) is 29.6 Å². The Morgan fingerprint density at radius 2 is 1.61 bits per heavy atom. The standard InChI is InChI=1S/C31H48/c1-21(2)15-24(7)26-12-14-30(27(16-22(3)4)17-23(5)6)28(20-26)18-25-11-13-29(19-25)31(8,9)10/h12-14,19-20,22-24,27H,1,11,15-18H2,2-10H3. The summed E-state index contributed by atoms with van der Waals surface area (Å²) in [4.78, 5) is 0. The smallest absolute Gasteiger partial charge is 0.00578 e. The first-order valence-corrected chi connectivity index (χ1v) is 12.5. The fourth-order valence-electron chi connectivity index (χ4n) is 5.08. The van der Waals surface area contributed by atoms with Gasteiger partial charge in [-0.05, 0) is 90.4 Å². The van der Waals surface area contributed by atoms with Gasteiger partial charge in [-0.25, -0.2) is 0 Å². The molecule has 1 aromatic carbocycles. The summed E-state index contributed by atoms with van der Waals surface area (Å²) in [5.74, 6) is 2.62. The van der Waals surface area contributed by atoms with Gasteiger partial charge in [0.05, 0.1) is 0 Å². The van der Waals surface area contributed by atoms with E-state index in [2.05, 4.69) is 99.2 Å². The predicted molar refractivity (Wildman–Crippen MR) is 140 cm³/mol. The van der Waals surface area contributed by atoms with Crippen molar-refractivity contribution >= 4 is 0 Å². The van der Waals surface area contributed by atoms with Crippen LogP contribution in [0.5, 0.6) is 0 Å². The summed E-state index contributed by atoms with van der Waals surface area (Å²) in [6.07, 6.45) is 10.7. The Bertz CT molecular complexity index is 797. The average molecular weight is 421 g/mol. The van der Waals surface area contributed by atoms with E-state index in [0.717, 1.165) is 31.1 Å². The van der Waals surface area contributed by atoms with E-state index in [0.29, 0.717) is 11.8 Å². The van der Waals surface area contributed by atoms with Crippen LogP contribution in [-0.4, -0.2) is 0 Å².